The Morgan fingerprint density at radius 3 is 2.86 bits per heavy atom. The molecule has 0 aliphatic rings. The third-order valence-electron chi connectivity index (χ3n) is 4.40. The molecule has 1 N–H and O–H groups in total. The van der Waals surface area contributed by atoms with Crippen molar-refractivity contribution in [3.05, 3.63) is 58.9 Å². The van der Waals surface area contributed by atoms with Crippen molar-refractivity contribution in [2.75, 3.05) is 11.1 Å². The molecule has 4 aromatic rings. The van der Waals surface area contributed by atoms with Crippen LogP contribution in [0.2, 0.25) is 5.02 Å². The van der Waals surface area contributed by atoms with E-state index in [0.717, 1.165) is 28.8 Å². The van der Waals surface area contributed by atoms with Crippen LogP contribution >= 0.6 is 23.4 Å². The fraction of sp³-hybridized carbons (Fsp3) is 0.200. The molecule has 4 rings (SSSR count). The van der Waals surface area contributed by atoms with E-state index in [1.165, 1.54) is 11.8 Å². The minimum atomic E-state index is -0.126. The van der Waals surface area contributed by atoms with E-state index in [1.807, 2.05) is 48.6 Å². The Labute approximate surface area is 171 Å². The van der Waals surface area contributed by atoms with E-state index >= 15 is 0 Å². The van der Waals surface area contributed by atoms with Gasteiger partial charge in [-0.15, -0.1) is 10.2 Å². The lowest BCUT2D eigenvalue weighted by Gasteiger charge is -2.10. The second kappa shape index (κ2) is 7.77. The first-order valence-corrected chi connectivity index (χ1v) is 10.2. The summed E-state index contributed by atoms with van der Waals surface area (Å²) in [6.45, 7) is 3.97. The Bertz CT molecular complexity index is 1190. The van der Waals surface area contributed by atoms with Crippen molar-refractivity contribution in [3.63, 3.8) is 0 Å². The van der Waals surface area contributed by atoms with Crippen molar-refractivity contribution in [1.82, 2.24) is 19.6 Å². The average molecular weight is 412 g/mol. The second-order valence-corrected chi connectivity index (χ2v) is 7.73. The number of thioether (sulfide) groups is 1. The summed E-state index contributed by atoms with van der Waals surface area (Å²) in [5, 5.41) is 12.8. The third-order valence-corrected chi connectivity index (χ3v) is 5.58. The van der Waals surface area contributed by atoms with Gasteiger partial charge in [-0.3, -0.25) is 9.20 Å². The summed E-state index contributed by atoms with van der Waals surface area (Å²) in [5.41, 5.74) is 4.15. The van der Waals surface area contributed by atoms with Crippen LogP contribution in [0.25, 0.3) is 16.7 Å². The summed E-state index contributed by atoms with van der Waals surface area (Å²) in [6, 6.07) is 13.3. The van der Waals surface area contributed by atoms with Gasteiger partial charge in [0.15, 0.2) is 5.65 Å². The van der Waals surface area contributed by atoms with Gasteiger partial charge >= 0.3 is 0 Å². The predicted octanol–water partition coefficient (Wildman–Crippen LogP) is 4.53. The summed E-state index contributed by atoms with van der Waals surface area (Å²) < 4.78 is 2.02. The maximum absolute atomic E-state index is 12.5. The number of aryl methyl sites for hydroxylation is 2. The number of halogens is 1. The molecule has 0 atom stereocenters. The summed E-state index contributed by atoms with van der Waals surface area (Å²) >= 11 is 7.37. The van der Waals surface area contributed by atoms with Gasteiger partial charge in [0.25, 0.3) is 0 Å². The van der Waals surface area contributed by atoms with E-state index in [-0.39, 0.29) is 11.7 Å². The molecule has 2 aromatic heterocycles. The number of rotatable bonds is 5. The van der Waals surface area contributed by atoms with Gasteiger partial charge in [0.1, 0.15) is 10.9 Å². The molecular formula is C20H18ClN5OS. The first-order chi connectivity index (χ1) is 13.6. The number of nitrogens with zero attached hydrogens (tertiary/aromatic N) is 4. The molecule has 2 heterocycles. The fourth-order valence-electron chi connectivity index (χ4n) is 2.99. The molecule has 142 valence electrons. The summed E-state index contributed by atoms with van der Waals surface area (Å²) in [4.78, 5) is 17.2. The number of carbonyl (C=O) groups is 1. The quantitative estimate of drug-likeness (QED) is 0.488. The van der Waals surface area contributed by atoms with Crippen molar-refractivity contribution in [1.29, 1.82) is 0 Å². The number of carbonyl (C=O) groups excluding carboxylic acids is 1. The van der Waals surface area contributed by atoms with Gasteiger partial charge in [0.05, 0.1) is 16.8 Å². The van der Waals surface area contributed by atoms with Crippen LogP contribution in [0.5, 0.6) is 0 Å². The summed E-state index contributed by atoms with van der Waals surface area (Å²) in [7, 11) is 0. The average Bonchev–Trinajstić information content (AvgIpc) is 3.13. The van der Waals surface area contributed by atoms with Crippen LogP contribution in [0, 0.1) is 6.92 Å². The largest absolute Gasteiger partial charge is 0.325 e. The van der Waals surface area contributed by atoms with Gasteiger partial charge in [0, 0.05) is 17.1 Å². The Balaban J connectivity index is 1.61. The number of hydrogen-bond acceptors (Lipinski definition) is 5. The van der Waals surface area contributed by atoms with Crippen molar-refractivity contribution in [2.24, 2.45) is 0 Å². The number of para-hydroxylation sites is 2. The van der Waals surface area contributed by atoms with Crippen LogP contribution in [0.15, 0.2) is 47.5 Å². The summed E-state index contributed by atoms with van der Waals surface area (Å²) in [6.07, 6.45) is 0.758. The van der Waals surface area contributed by atoms with Crippen LogP contribution in [-0.4, -0.2) is 31.2 Å². The molecule has 8 heteroatoms. The highest BCUT2D eigenvalue weighted by atomic mass is 35.5. The van der Waals surface area contributed by atoms with Crippen molar-refractivity contribution in [3.8, 4) is 0 Å². The third kappa shape index (κ3) is 3.55. The molecule has 0 spiro atoms. The molecule has 0 saturated carbocycles. The molecular weight excluding hydrogens is 394 g/mol. The van der Waals surface area contributed by atoms with Gasteiger partial charge in [-0.2, -0.15) is 0 Å². The van der Waals surface area contributed by atoms with E-state index in [4.69, 9.17) is 16.6 Å². The summed E-state index contributed by atoms with van der Waals surface area (Å²) in [5.74, 6) is 0.953. The Morgan fingerprint density at radius 2 is 2.04 bits per heavy atom. The number of anilines is 1. The second-order valence-electron chi connectivity index (χ2n) is 6.33. The van der Waals surface area contributed by atoms with Crippen LogP contribution in [0.1, 0.15) is 18.3 Å². The molecule has 28 heavy (non-hydrogen) atoms. The Hall–Kier alpha value is -2.64. The van der Waals surface area contributed by atoms with E-state index in [2.05, 4.69) is 15.5 Å². The van der Waals surface area contributed by atoms with Crippen LogP contribution in [-0.2, 0) is 11.2 Å². The van der Waals surface area contributed by atoms with Crippen LogP contribution < -0.4 is 5.32 Å². The zero-order chi connectivity index (χ0) is 19.7. The Kier molecular flexibility index (Phi) is 5.19. The van der Waals surface area contributed by atoms with Gasteiger partial charge < -0.3 is 5.32 Å². The number of hydrogen-bond donors (Lipinski definition) is 1. The lowest BCUT2D eigenvalue weighted by atomic mass is 10.2. The monoisotopic (exact) mass is 411 g/mol. The number of fused-ring (bicyclic) bond motifs is 3. The van der Waals surface area contributed by atoms with E-state index in [0.29, 0.717) is 21.4 Å². The van der Waals surface area contributed by atoms with Crippen LogP contribution in [0.4, 0.5) is 5.69 Å². The lowest BCUT2D eigenvalue weighted by Crippen LogP contribution is -2.15. The van der Waals surface area contributed by atoms with Gasteiger partial charge in [-0.1, -0.05) is 48.5 Å². The fourth-order valence-corrected chi connectivity index (χ4v) is 3.93. The number of nitrogens with one attached hydrogen (secondary N) is 1. The zero-order valence-corrected chi connectivity index (χ0v) is 17.0. The van der Waals surface area contributed by atoms with Crippen LogP contribution in [0.3, 0.4) is 0 Å². The van der Waals surface area contributed by atoms with Crippen molar-refractivity contribution >= 4 is 51.6 Å². The van der Waals surface area contributed by atoms with E-state index in [1.54, 1.807) is 12.1 Å². The molecule has 0 fully saturated rings. The maximum Gasteiger partial charge on any atom is 0.234 e. The highest BCUT2D eigenvalue weighted by Gasteiger charge is 2.16. The molecule has 0 aliphatic carbocycles. The molecule has 0 saturated heterocycles. The highest BCUT2D eigenvalue weighted by molar-refractivity contribution is 8.00. The first-order valence-electron chi connectivity index (χ1n) is 8.88. The molecule has 0 unspecified atom stereocenters. The molecule has 1 amide bonds. The topological polar surface area (TPSA) is 72.2 Å². The number of benzene rings is 2. The molecule has 0 bridgehead atoms. The van der Waals surface area contributed by atoms with Crippen molar-refractivity contribution in [2.45, 2.75) is 25.3 Å². The SMILES string of the molecule is CCc1nnc2c(SCC(=O)Nc3cc(Cl)ccc3C)nc3ccccc3n12. The highest BCUT2D eigenvalue weighted by Crippen LogP contribution is 2.26. The molecule has 0 aliphatic heterocycles. The number of aromatic nitrogens is 4. The van der Waals surface area contributed by atoms with Gasteiger partial charge in [0.2, 0.25) is 5.91 Å². The van der Waals surface area contributed by atoms with E-state index < -0.39 is 0 Å². The van der Waals surface area contributed by atoms with Gasteiger partial charge in [-0.25, -0.2) is 4.98 Å². The zero-order valence-electron chi connectivity index (χ0n) is 15.4. The maximum atomic E-state index is 12.5. The standard InChI is InChI=1S/C20H18ClN5OS/c1-3-17-24-25-19-20(23-14-6-4-5-7-16(14)26(17)19)28-11-18(27)22-15-10-13(21)9-8-12(15)2/h4-10H,3,11H2,1-2H3,(H,22,27). The van der Waals surface area contributed by atoms with E-state index in [9.17, 15) is 4.79 Å². The molecule has 0 radical (unpaired) electrons. The number of amides is 1. The van der Waals surface area contributed by atoms with Crippen molar-refractivity contribution < 1.29 is 4.79 Å². The van der Waals surface area contributed by atoms with Gasteiger partial charge in [-0.05, 0) is 36.8 Å². The molecule has 6 nitrogen and oxygen atoms in total. The smallest absolute Gasteiger partial charge is 0.234 e. The normalized spacial score (nSPS) is 11.2. The first kappa shape index (κ1) is 18.7. The lowest BCUT2D eigenvalue weighted by molar-refractivity contribution is -0.113. The minimum absolute atomic E-state index is 0.126. The molecule has 2 aromatic carbocycles. The Morgan fingerprint density at radius 1 is 1.21 bits per heavy atom. The predicted molar refractivity (Wildman–Crippen MR) is 113 cm³/mol. The minimum Gasteiger partial charge on any atom is -0.325 e.